The maximum Gasteiger partial charge on any atom is 0.422 e. The van der Waals surface area contributed by atoms with E-state index in [4.69, 9.17) is 0 Å². The Kier molecular flexibility index (Phi) is 4.05. The first kappa shape index (κ1) is 14.8. The Balaban J connectivity index is 1.94. The lowest BCUT2D eigenvalue weighted by Crippen LogP contribution is -2.19. The molecule has 2 aromatic heterocycles. The maximum atomic E-state index is 12.0. The minimum absolute atomic E-state index is 0.0510. The molecule has 0 saturated heterocycles. The second-order valence-corrected chi connectivity index (χ2v) is 3.99. The summed E-state index contributed by atoms with van der Waals surface area (Å²) in [4.78, 5) is 19.2. The minimum Gasteiger partial charge on any atom is -0.468 e. The highest BCUT2D eigenvalue weighted by Gasteiger charge is 2.28. The van der Waals surface area contributed by atoms with Gasteiger partial charge in [-0.05, 0) is 13.0 Å². The van der Waals surface area contributed by atoms with Gasteiger partial charge in [-0.2, -0.15) is 13.2 Å². The molecule has 0 aliphatic heterocycles. The highest BCUT2D eigenvalue weighted by Crippen LogP contribution is 2.18. The molecule has 0 unspecified atom stereocenters. The van der Waals surface area contributed by atoms with Crippen molar-refractivity contribution in [2.24, 2.45) is 0 Å². The molecule has 0 fully saturated rings. The van der Waals surface area contributed by atoms with E-state index in [-0.39, 0.29) is 17.4 Å². The van der Waals surface area contributed by atoms with Crippen molar-refractivity contribution in [3.63, 3.8) is 0 Å². The van der Waals surface area contributed by atoms with Crippen LogP contribution in [-0.4, -0.2) is 38.9 Å². The molecule has 112 valence electrons. The Morgan fingerprint density at radius 1 is 1.43 bits per heavy atom. The molecule has 0 atom stereocenters. The molecule has 0 radical (unpaired) electrons. The number of carbonyl (C=O) groups is 1. The van der Waals surface area contributed by atoms with E-state index in [0.29, 0.717) is 5.82 Å². The lowest BCUT2D eigenvalue weighted by molar-refractivity contribution is -0.154. The van der Waals surface area contributed by atoms with Gasteiger partial charge in [-0.1, -0.05) is 0 Å². The normalized spacial score (nSPS) is 11.2. The average Bonchev–Trinajstić information content (AvgIpc) is 2.84. The van der Waals surface area contributed by atoms with Gasteiger partial charge in [0.05, 0.1) is 11.9 Å². The summed E-state index contributed by atoms with van der Waals surface area (Å²) in [5.41, 5.74) is 0.279. The third kappa shape index (κ3) is 4.44. The van der Waals surface area contributed by atoms with Gasteiger partial charge in [0.15, 0.2) is 6.61 Å². The zero-order valence-electron chi connectivity index (χ0n) is 10.7. The van der Waals surface area contributed by atoms with Crippen molar-refractivity contribution in [1.29, 1.82) is 0 Å². The number of H-pyrrole nitrogens is 1. The molecule has 7 nitrogen and oxygen atoms in total. The first-order chi connectivity index (χ1) is 9.83. The topological polar surface area (TPSA) is 92.8 Å². The number of pyridine rings is 1. The Bertz CT molecular complexity index is 624. The minimum atomic E-state index is -4.43. The van der Waals surface area contributed by atoms with Crippen LogP contribution < -0.4 is 10.1 Å². The van der Waals surface area contributed by atoms with Gasteiger partial charge in [-0.3, -0.25) is 9.89 Å². The van der Waals surface area contributed by atoms with Crippen LogP contribution >= 0.6 is 0 Å². The van der Waals surface area contributed by atoms with Gasteiger partial charge in [0.1, 0.15) is 5.82 Å². The second-order valence-electron chi connectivity index (χ2n) is 3.99. The maximum absolute atomic E-state index is 12.0. The number of nitrogens with one attached hydrogen (secondary N) is 2. The SMILES string of the molecule is Cc1nc(C(=O)Nc2ccc(OCC(F)(F)F)nc2)n[nH]1. The van der Waals surface area contributed by atoms with Crippen LogP contribution in [0.4, 0.5) is 18.9 Å². The van der Waals surface area contributed by atoms with Crippen molar-refractivity contribution in [2.45, 2.75) is 13.1 Å². The summed E-state index contributed by atoms with van der Waals surface area (Å²) in [5, 5.41) is 8.63. The van der Waals surface area contributed by atoms with Crippen LogP contribution in [0.5, 0.6) is 5.88 Å². The van der Waals surface area contributed by atoms with Crippen molar-refractivity contribution in [3.8, 4) is 5.88 Å². The van der Waals surface area contributed by atoms with Crippen molar-refractivity contribution in [2.75, 3.05) is 11.9 Å². The van der Waals surface area contributed by atoms with Gasteiger partial charge >= 0.3 is 6.18 Å². The number of rotatable bonds is 4. The molecule has 2 N–H and O–H groups in total. The van der Waals surface area contributed by atoms with E-state index in [1.165, 1.54) is 18.3 Å². The number of aromatic nitrogens is 4. The van der Waals surface area contributed by atoms with Gasteiger partial charge in [-0.25, -0.2) is 9.97 Å². The Morgan fingerprint density at radius 3 is 2.71 bits per heavy atom. The van der Waals surface area contributed by atoms with Crippen molar-refractivity contribution >= 4 is 11.6 Å². The lowest BCUT2D eigenvalue weighted by atomic mass is 10.4. The molecular formula is C11H10F3N5O2. The number of ether oxygens (including phenoxy) is 1. The third-order valence-electron chi connectivity index (χ3n) is 2.18. The highest BCUT2D eigenvalue weighted by molar-refractivity contribution is 6.01. The number of hydrogen-bond acceptors (Lipinski definition) is 5. The van der Waals surface area contributed by atoms with Crippen LogP contribution in [-0.2, 0) is 0 Å². The largest absolute Gasteiger partial charge is 0.468 e. The molecule has 0 bridgehead atoms. The predicted molar refractivity (Wildman–Crippen MR) is 64.9 cm³/mol. The molecule has 2 aromatic rings. The summed E-state index contributed by atoms with van der Waals surface area (Å²) in [5.74, 6) is -0.330. The van der Waals surface area contributed by atoms with E-state index >= 15 is 0 Å². The second kappa shape index (κ2) is 5.77. The summed E-state index contributed by atoms with van der Waals surface area (Å²) >= 11 is 0. The fourth-order valence-corrected chi connectivity index (χ4v) is 1.33. The molecule has 2 rings (SSSR count). The Morgan fingerprint density at radius 2 is 2.19 bits per heavy atom. The molecule has 2 heterocycles. The number of halogens is 3. The van der Waals surface area contributed by atoms with Crippen LogP contribution in [0, 0.1) is 6.92 Å². The summed E-state index contributed by atoms with van der Waals surface area (Å²) in [6.07, 6.45) is -3.26. The summed E-state index contributed by atoms with van der Waals surface area (Å²) in [6, 6.07) is 2.57. The molecule has 0 aliphatic carbocycles. The zero-order valence-corrected chi connectivity index (χ0v) is 10.7. The monoisotopic (exact) mass is 301 g/mol. The number of amides is 1. The van der Waals surface area contributed by atoms with E-state index in [1.54, 1.807) is 6.92 Å². The van der Waals surface area contributed by atoms with Gasteiger partial charge in [0, 0.05) is 6.07 Å². The number of alkyl halides is 3. The zero-order chi connectivity index (χ0) is 15.5. The number of carbonyl (C=O) groups excluding carboxylic acids is 1. The molecule has 10 heteroatoms. The van der Waals surface area contributed by atoms with Gasteiger partial charge in [0.25, 0.3) is 5.91 Å². The molecular weight excluding hydrogens is 291 g/mol. The molecule has 21 heavy (non-hydrogen) atoms. The van der Waals surface area contributed by atoms with Gasteiger partial charge in [-0.15, -0.1) is 5.10 Å². The van der Waals surface area contributed by atoms with Crippen LogP contribution in [0.25, 0.3) is 0 Å². The van der Waals surface area contributed by atoms with E-state index in [1.807, 2.05) is 0 Å². The van der Waals surface area contributed by atoms with Crippen LogP contribution in [0.15, 0.2) is 18.3 Å². The summed E-state index contributed by atoms with van der Waals surface area (Å²) in [7, 11) is 0. The third-order valence-corrected chi connectivity index (χ3v) is 2.18. The first-order valence-electron chi connectivity index (χ1n) is 5.69. The summed E-state index contributed by atoms with van der Waals surface area (Å²) in [6.45, 7) is 0.209. The molecule has 0 saturated carbocycles. The van der Waals surface area contributed by atoms with Crippen LogP contribution in [0.2, 0.25) is 0 Å². The molecule has 1 amide bonds. The number of nitrogens with zero attached hydrogens (tertiary/aromatic N) is 3. The number of anilines is 1. The number of aromatic amines is 1. The Hall–Kier alpha value is -2.65. The lowest BCUT2D eigenvalue weighted by Gasteiger charge is -2.08. The predicted octanol–water partition coefficient (Wildman–Crippen LogP) is 1.70. The fraction of sp³-hybridized carbons (Fsp3) is 0.273. The number of hydrogen-bond donors (Lipinski definition) is 2. The Labute approximate surface area is 116 Å². The highest BCUT2D eigenvalue weighted by atomic mass is 19.4. The molecule has 0 aromatic carbocycles. The fourth-order valence-electron chi connectivity index (χ4n) is 1.33. The van der Waals surface area contributed by atoms with Crippen LogP contribution in [0.1, 0.15) is 16.4 Å². The quantitative estimate of drug-likeness (QED) is 0.896. The van der Waals surface area contributed by atoms with Crippen LogP contribution in [0.3, 0.4) is 0 Å². The van der Waals surface area contributed by atoms with Gasteiger partial charge in [0.2, 0.25) is 11.7 Å². The van der Waals surface area contributed by atoms with Crippen molar-refractivity contribution in [1.82, 2.24) is 20.2 Å². The van der Waals surface area contributed by atoms with E-state index in [0.717, 1.165) is 0 Å². The molecule has 0 aliphatic rings. The van der Waals surface area contributed by atoms with Crippen molar-refractivity contribution in [3.05, 3.63) is 30.0 Å². The standard InChI is InChI=1S/C11H10F3N5O2/c1-6-16-9(19-18-6)10(20)17-7-2-3-8(15-4-7)21-5-11(12,13)14/h2-4H,5H2,1H3,(H,17,20)(H,16,18,19). The van der Waals surface area contributed by atoms with Gasteiger partial charge < -0.3 is 10.1 Å². The van der Waals surface area contributed by atoms with E-state index < -0.39 is 18.7 Å². The molecule has 0 spiro atoms. The average molecular weight is 301 g/mol. The smallest absolute Gasteiger partial charge is 0.422 e. The van der Waals surface area contributed by atoms with E-state index in [2.05, 4.69) is 30.2 Å². The van der Waals surface area contributed by atoms with E-state index in [9.17, 15) is 18.0 Å². The van der Waals surface area contributed by atoms with Crippen molar-refractivity contribution < 1.29 is 22.7 Å². The summed E-state index contributed by atoms with van der Waals surface area (Å²) < 4.78 is 40.3. The number of aryl methyl sites for hydroxylation is 1. The first-order valence-corrected chi connectivity index (χ1v) is 5.69.